The van der Waals surface area contributed by atoms with Crippen LogP contribution in [0.1, 0.15) is 53.0 Å². The molecule has 39 heavy (non-hydrogen) atoms. The number of carbonyl (C=O) groups is 3. The minimum atomic E-state index is -1.13. The van der Waals surface area contributed by atoms with E-state index in [1.807, 2.05) is 62.4 Å². The molecule has 9 heteroatoms. The van der Waals surface area contributed by atoms with Crippen molar-refractivity contribution in [1.29, 1.82) is 0 Å². The summed E-state index contributed by atoms with van der Waals surface area (Å²) in [7, 11) is 0. The number of hydrogen-bond acceptors (Lipinski definition) is 6. The summed E-state index contributed by atoms with van der Waals surface area (Å²) in [5.74, 6) is 0.0500. The summed E-state index contributed by atoms with van der Waals surface area (Å²) in [5.41, 5.74) is 2.06. The van der Waals surface area contributed by atoms with Gasteiger partial charge in [0.1, 0.15) is 17.4 Å². The van der Waals surface area contributed by atoms with Crippen molar-refractivity contribution in [3.63, 3.8) is 0 Å². The van der Waals surface area contributed by atoms with Gasteiger partial charge in [-0.1, -0.05) is 36.4 Å². The Labute approximate surface area is 230 Å². The maximum absolute atomic E-state index is 12.0. The summed E-state index contributed by atoms with van der Waals surface area (Å²) in [4.78, 5) is 37.5. The number of nitrogens with zero attached hydrogens (tertiary/aromatic N) is 1. The van der Waals surface area contributed by atoms with Crippen molar-refractivity contribution in [2.45, 2.75) is 71.6 Å². The molecule has 0 aromatic heterocycles. The van der Waals surface area contributed by atoms with Crippen molar-refractivity contribution in [3.05, 3.63) is 54.1 Å². The number of ether oxygens (including phenoxy) is 3. The standard InChI is InChI=1S/C30H40N2O7/c1-20(2)38-29(36)32-16-14-22(15-17-32)19-37-25-12-10-24(11-13-25)23-8-6-21(7-9-23)18-26(27(33)34)31-28(35)39-30(3,4)5/h6-13,20,22,26H,14-19H2,1-5H3,(H,31,35)(H,33,34). The van der Waals surface area contributed by atoms with Crippen LogP contribution in [0.25, 0.3) is 11.1 Å². The Morgan fingerprint density at radius 2 is 1.54 bits per heavy atom. The predicted octanol–water partition coefficient (Wildman–Crippen LogP) is 5.51. The van der Waals surface area contributed by atoms with Crippen molar-refractivity contribution in [2.75, 3.05) is 19.7 Å². The molecule has 2 aromatic rings. The second-order valence-electron chi connectivity index (χ2n) is 11.1. The van der Waals surface area contributed by atoms with E-state index in [0.29, 0.717) is 25.6 Å². The van der Waals surface area contributed by atoms with Crippen LogP contribution >= 0.6 is 0 Å². The molecule has 2 aromatic carbocycles. The van der Waals surface area contributed by atoms with Gasteiger partial charge in [0.2, 0.25) is 0 Å². The van der Waals surface area contributed by atoms with E-state index in [-0.39, 0.29) is 18.6 Å². The van der Waals surface area contributed by atoms with Crippen molar-refractivity contribution in [1.82, 2.24) is 10.2 Å². The summed E-state index contributed by atoms with van der Waals surface area (Å²) >= 11 is 0. The summed E-state index contributed by atoms with van der Waals surface area (Å²) in [6, 6.07) is 14.3. The normalized spacial score (nSPS) is 15.0. The van der Waals surface area contributed by atoms with Crippen molar-refractivity contribution >= 4 is 18.2 Å². The van der Waals surface area contributed by atoms with E-state index in [9.17, 15) is 19.5 Å². The molecule has 212 valence electrons. The maximum atomic E-state index is 12.0. The van der Waals surface area contributed by atoms with E-state index in [1.165, 1.54) is 0 Å². The first kappa shape index (κ1) is 29.8. The topological polar surface area (TPSA) is 114 Å². The molecule has 9 nitrogen and oxygen atoms in total. The van der Waals surface area contributed by atoms with Gasteiger partial charge in [-0.2, -0.15) is 0 Å². The van der Waals surface area contributed by atoms with Crippen LogP contribution in [0.2, 0.25) is 0 Å². The molecule has 1 atom stereocenters. The summed E-state index contributed by atoms with van der Waals surface area (Å²) in [6.07, 6.45) is 0.788. The molecule has 0 aliphatic carbocycles. The lowest BCUT2D eigenvalue weighted by molar-refractivity contribution is -0.139. The molecule has 2 N–H and O–H groups in total. The van der Waals surface area contributed by atoms with Gasteiger partial charge in [0.05, 0.1) is 12.7 Å². The second kappa shape index (κ2) is 13.4. The first-order valence-corrected chi connectivity index (χ1v) is 13.4. The molecule has 2 amide bonds. The van der Waals surface area contributed by atoms with Crippen molar-refractivity contribution < 1.29 is 33.7 Å². The van der Waals surface area contributed by atoms with Crippen LogP contribution in [0.4, 0.5) is 9.59 Å². The zero-order valence-electron chi connectivity index (χ0n) is 23.4. The van der Waals surface area contributed by atoms with E-state index in [4.69, 9.17) is 14.2 Å². The molecule has 1 unspecified atom stereocenters. The molecule has 1 heterocycles. The number of carbonyl (C=O) groups excluding carboxylic acids is 2. The Morgan fingerprint density at radius 1 is 0.974 bits per heavy atom. The second-order valence-corrected chi connectivity index (χ2v) is 11.1. The number of benzene rings is 2. The van der Waals surface area contributed by atoms with Gasteiger partial charge in [-0.25, -0.2) is 14.4 Å². The van der Waals surface area contributed by atoms with E-state index < -0.39 is 23.7 Å². The average Bonchev–Trinajstić information content (AvgIpc) is 2.86. The third-order valence-electron chi connectivity index (χ3n) is 6.27. The highest BCUT2D eigenvalue weighted by molar-refractivity contribution is 5.80. The van der Waals surface area contributed by atoms with E-state index in [0.717, 1.165) is 35.3 Å². The molecule has 0 saturated carbocycles. The lowest BCUT2D eigenvalue weighted by Gasteiger charge is -2.31. The van der Waals surface area contributed by atoms with Crippen LogP contribution in [0.5, 0.6) is 5.75 Å². The molecule has 1 saturated heterocycles. The van der Waals surface area contributed by atoms with E-state index in [2.05, 4.69) is 5.32 Å². The summed E-state index contributed by atoms with van der Waals surface area (Å²) in [5, 5.41) is 12.0. The number of nitrogens with one attached hydrogen (secondary N) is 1. The van der Waals surface area contributed by atoms with Crippen LogP contribution in [0.15, 0.2) is 48.5 Å². The average molecular weight is 541 g/mol. The SMILES string of the molecule is CC(C)OC(=O)N1CCC(COc2ccc(-c3ccc(CC(NC(=O)OC(C)(C)C)C(=O)O)cc3)cc2)CC1. The molecule has 0 bridgehead atoms. The van der Waals surface area contributed by atoms with E-state index >= 15 is 0 Å². The number of hydrogen-bond donors (Lipinski definition) is 2. The van der Waals surface area contributed by atoms with Gasteiger partial charge in [0.25, 0.3) is 0 Å². The van der Waals surface area contributed by atoms with Crippen LogP contribution in [0.3, 0.4) is 0 Å². The van der Waals surface area contributed by atoms with Crippen LogP contribution in [-0.2, 0) is 20.7 Å². The van der Waals surface area contributed by atoms with Crippen LogP contribution < -0.4 is 10.1 Å². The fraction of sp³-hybridized carbons (Fsp3) is 0.500. The first-order valence-electron chi connectivity index (χ1n) is 13.4. The highest BCUT2D eigenvalue weighted by Crippen LogP contribution is 2.25. The predicted molar refractivity (Wildman–Crippen MR) is 148 cm³/mol. The van der Waals surface area contributed by atoms with Gasteiger partial charge >= 0.3 is 18.2 Å². The van der Waals surface area contributed by atoms with Crippen LogP contribution in [-0.4, -0.2) is 65.6 Å². The molecular weight excluding hydrogens is 500 g/mol. The molecule has 1 fully saturated rings. The highest BCUT2D eigenvalue weighted by atomic mass is 16.6. The van der Waals surface area contributed by atoms with Gasteiger partial charge < -0.3 is 29.5 Å². The molecule has 3 rings (SSSR count). The number of carboxylic acids is 1. The van der Waals surface area contributed by atoms with Gasteiger partial charge in [-0.15, -0.1) is 0 Å². The summed E-state index contributed by atoms with van der Waals surface area (Å²) < 4.78 is 16.5. The zero-order chi connectivity index (χ0) is 28.6. The minimum Gasteiger partial charge on any atom is -0.493 e. The Hall–Kier alpha value is -3.75. The number of carboxylic acid groups (broad SMARTS) is 1. The quantitative estimate of drug-likeness (QED) is 0.431. The fourth-order valence-electron chi connectivity index (χ4n) is 4.23. The first-order chi connectivity index (χ1) is 18.4. The Morgan fingerprint density at radius 3 is 2.05 bits per heavy atom. The third-order valence-corrected chi connectivity index (χ3v) is 6.27. The molecule has 1 aliphatic rings. The highest BCUT2D eigenvalue weighted by Gasteiger charge is 2.25. The lowest BCUT2D eigenvalue weighted by atomic mass is 9.98. The largest absolute Gasteiger partial charge is 0.493 e. The van der Waals surface area contributed by atoms with Gasteiger partial charge in [0, 0.05) is 19.5 Å². The van der Waals surface area contributed by atoms with Crippen molar-refractivity contribution in [3.8, 4) is 16.9 Å². The van der Waals surface area contributed by atoms with Crippen LogP contribution in [0, 0.1) is 5.92 Å². The molecule has 1 aliphatic heterocycles. The van der Waals surface area contributed by atoms with Gasteiger partial charge in [-0.05, 0) is 82.2 Å². The monoisotopic (exact) mass is 540 g/mol. The van der Waals surface area contributed by atoms with Crippen molar-refractivity contribution in [2.24, 2.45) is 5.92 Å². The smallest absolute Gasteiger partial charge is 0.410 e. The fourth-order valence-corrected chi connectivity index (χ4v) is 4.23. The third kappa shape index (κ3) is 9.81. The van der Waals surface area contributed by atoms with Gasteiger partial charge in [-0.3, -0.25) is 0 Å². The number of alkyl carbamates (subject to hydrolysis) is 1. The number of piperidine rings is 1. The number of likely N-dealkylation sites (tertiary alicyclic amines) is 1. The Kier molecular flexibility index (Phi) is 10.2. The molecular formula is C30H40N2O7. The summed E-state index contributed by atoms with van der Waals surface area (Å²) in [6.45, 7) is 10.8. The number of rotatable bonds is 9. The maximum Gasteiger partial charge on any atom is 0.410 e. The van der Waals surface area contributed by atoms with Gasteiger partial charge in [0.15, 0.2) is 0 Å². The molecule has 0 spiro atoms. The Balaban J connectivity index is 1.49. The number of aliphatic carboxylic acids is 1. The minimum absolute atomic E-state index is 0.114. The molecule has 0 radical (unpaired) electrons. The van der Waals surface area contributed by atoms with E-state index in [1.54, 1.807) is 25.7 Å². The Bertz CT molecular complexity index is 1100. The number of amides is 2. The zero-order valence-corrected chi connectivity index (χ0v) is 23.4. The lowest BCUT2D eigenvalue weighted by Crippen LogP contribution is -2.44.